The van der Waals surface area contributed by atoms with Gasteiger partial charge in [-0.3, -0.25) is 4.79 Å². The van der Waals surface area contributed by atoms with E-state index in [1.807, 2.05) is 12.1 Å². The highest BCUT2D eigenvalue weighted by Gasteiger charge is 2.30. The zero-order valence-electron chi connectivity index (χ0n) is 12.6. The molecule has 0 radical (unpaired) electrons. The second-order valence-electron chi connectivity index (χ2n) is 5.38. The van der Waals surface area contributed by atoms with E-state index in [0.717, 1.165) is 29.3 Å². The predicted octanol–water partition coefficient (Wildman–Crippen LogP) is 5.69. The molecule has 1 N–H and O–H groups in total. The minimum Gasteiger partial charge on any atom is -0.352 e. The van der Waals surface area contributed by atoms with Crippen LogP contribution in [-0.4, -0.2) is 23.5 Å². The summed E-state index contributed by atoms with van der Waals surface area (Å²) in [5.74, 6) is -0.0906. The van der Waals surface area contributed by atoms with E-state index in [2.05, 4.69) is 43.8 Å². The Morgan fingerprint density at radius 2 is 1.74 bits per heavy atom. The maximum atomic E-state index is 12.1. The second kappa shape index (κ2) is 10.5. The molecule has 0 spiro atoms. The third-order valence-electron chi connectivity index (χ3n) is 3.29. The largest absolute Gasteiger partial charge is 0.390 e. The summed E-state index contributed by atoms with van der Waals surface area (Å²) >= 11 is 5.25. The topological polar surface area (TPSA) is 29.1 Å². The van der Waals surface area contributed by atoms with Gasteiger partial charge in [-0.15, -0.1) is 0 Å². The number of halogens is 5. The second-order valence-corrected chi connectivity index (χ2v) is 7.92. The first-order valence-electron chi connectivity index (χ1n) is 7.52. The number of unbranched alkanes of at least 4 members (excludes halogenated alkanes) is 3. The van der Waals surface area contributed by atoms with Crippen LogP contribution in [0, 0.1) is 3.57 Å². The molecule has 1 amide bonds. The standard InChI is InChI=1S/C16H20BrF3INO/c17-13(11-16(18,19)20)5-3-1-2-4-10-22-15(23)12-6-8-14(21)9-7-12/h6-9,13H,1-5,10-11H2,(H,22,23). The summed E-state index contributed by atoms with van der Waals surface area (Å²) in [6, 6.07) is 7.34. The lowest BCUT2D eigenvalue weighted by molar-refractivity contribution is -0.134. The molecule has 1 atom stereocenters. The first-order valence-corrected chi connectivity index (χ1v) is 9.52. The van der Waals surface area contributed by atoms with Crippen molar-refractivity contribution in [3.63, 3.8) is 0 Å². The third kappa shape index (κ3) is 10.2. The molecular weight excluding hydrogens is 486 g/mol. The van der Waals surface area contributed by atoms with Gasteiger partial charge in [-0.2, -0.15) is 13.2 Å². The first-order chi connectivity index (χ1) is 10.8. The number of carbonyl (C=O) groups is 1. The molecule has 2 nitrogen and oxygen atoms in total. The van der Waals surface area contributed by atoms with Crippen molar-refractivity contribution < 1.29 is 18.0 Å². The van der Waals surface area contributed by atoms with Crippen molar-refractivity contribution in [3.8, 4) is 0 Å². The van der Waals surface area contributed by atoms with Crippen LogP contribution in [0.25, 0.3) is 0 Å². The van der Waals surface area contributed by atoms with Crippen LogP contribution < -0.4 is 5.32 Å². The Labute approximate surface area is 156 Å². The Kier molecular flexibility index (Phi) is 9.50. The molecule has 1 aromatic rings. The van der Waals surface area contributed by atoms with E-state index in [4.69, 9.17) is 0 Å². The summed E-state index contributed by atoms with van der Waals surface area (Å²) in [4.78, 5) is 11.3. The van der Waals surface area contributed by atoms with Gasteiger partial charge in [0.15, 0.2) is 0 Å². The molecule has 1 rings (SSSR count). The number of rotatable bonds is 9. The van der Waals surface area contributed by atoms with Crippen LogP contribution in [0.2, 0.25) is 0 Å². The number of carbonyl (C=O) groups excluding carboxylic acids is 1. The summed E-state index contributed by atoms with van der Waals surface area (Å²) in [6.45, 7) is 0.588. The minimum atomic E-state index is -4.10. The zero-order valence-corrected chi connectivity index (χ0v) is 16.4. The van der Waals surface area contributed by atoms with Gasteiger partial charge < -0.3 is 5.32 Å². The monoisotopic (exact) mass is 505 g/mol. The fourth-order valence-electron chi connectivity index (χ4n) is 2.10. The number of hydrogen-bond acceptors (Lipinski definition) is 1. The van der Waals surface area contributed by atoms with Crippen LogP contribution in [-0.2, 0) is 0 Å². The molecule has 0 aliphatic carbocycles. The Hall–Kier alpha value is -0.310. The highest BCUT2D eigenvalue weighted by molar-refractivity contribution is 14.1. The fourth-order valence-corrected chi connectivity index (χ4v) is 3.15. The van der Waals surface area contributed by atoms with Crippen LogP contribution in [0.4, 0.5) is 13.2 Å². The van der Waals surface area contributed by atoms with Gasteiger partial charge in [-0.25, -0.2) is 0 Å². The highest BCUT2D eigenvalue weighted by Crippen LogP contribution is 2.27. The number of nitrogens with one attached hydrogen (secondary N) is 1. The molecular formula is C16H20BrF3INO. The molecule has 0 saturated carbocycles. The molecule has 23 heavy (non-hydrogen) atoms. The molecule has 0 aliphatic heterocycles. The Morgan fingerprint density at radius 3 is 2.35 bits per heavy atom. The zero-order chi connectivity index (χ0) is 17.3. The fraction of sp³-hybridized carbons (Fsp3) is 0.562. The highest BCUT2D eigenvalue weighted by atomic mass is 127. The third-order valence-corrected chi connectivity index (χ3v) is 4.79. The van der Waals surface area contributed by atoms with Gasteiger partial charge in [0.25, 0.3) is 5.91 Å². The van der Waals surface area contributed by atoms with Crippen LogP contribution in [0.1, 0.15) is 48.9 Å². The van der Waals surface area contributed by atoms with E-state index >= 15 is 0 Å². The molecule has 0 bridgehead atoms. The molecule has 7 heteroatoms. The number of benzene rings is 1. The van der Waals surface area contributed by atoms with Gasteiger partial charge >= 0.3 is 6.18 Å². The van der Waals surface area contributed by atoms with Gasteiger partial charge in [0, 0.05) is 20.5 Å². The van der Waals surface area contributed by atoms with Gasteiger partial charge in [0.2, 0.25) is 0 Å². The molecule has 1 aromatic carbocycles. The summed E-state index contributed by atoms with van der Waals surface area (Å²) in [5, 5.41) is 2.85. The number of amides is 1. The van der Waals surface area contributed by atoms with Crippen molar-refractivity contribution >= 4 is 44.4 Å². The van der Waals surface area contributed by atoms with Gasteiger partial charge in [0.1, 0.15) is 0 Å². The van der Waals surface area contributed by atoms with Crippen molar-refractivity contribution in [2.75, 3.05) is 6.54 Å². The summed E-state index contributed by atoms with van der Waals surface area (Å²) in [6.07, 6.45) is -0.987. The first kappa shape index (κ1) is 20.7. The quantitative estimate of drug-likeness (QED) is 0.261. The molecule has 0 heterocycles. The minimum absolute atomic E-state index is 0.0906. The van der Waals surface area contributed by atoms with E-state index in [1.165, 1.54) is 0 Å². The Balaban J connectivity index is 2.05. The predicted molar refractivity (Wildman–Crippen MR) is 98.0 cm³/mol. The molecule has 0 aromatic heterocycles. The summed E-state index contributed by atoms with van der Waals surface area (Å²) in [7, 11) is 0. The van der Waals surface area contributed by atoms with Crippen LogP contribution in [0.15, 0.2) is 24.3 Å². The SMILES string of the molecule is O=C(NCCCCCCC(Br)CC(F)(F)F)c1ccc(I)cc1. The van der Waals surface area contributed by atoms with Crippen LogP contribution in [0.5, 0.6) is 0 Å². The van der Waals surface area contributed by atoms with Crippen molar-refractivity contribution in [2.45, 2.75) is 49.5 Å². The average molecular weight is 506 g/mol. The lowest BCUT2D eigenvalue weighted by atomic mass is 10.1. The molecule has 0 saturated heterocycles. The van der Waals surface area contributed by atoms with Gasteiger partial charge in [-0.05, 0) is 59.7 Å². The molecule has 130 valence electrons. The smallest absolute Gasteiger partial charge is 0.352 e. The van der Waals surface area contributed by atoms with Crippen LogP contribution in [0.3, 0.4) is 0 Å². The van der Waals surface area contributed by atoms with E-state index in [9.17, 15) is 18.0 Å². The van der Waals surface area contributed by atoms with Crippen molar-refractivity contribution in [1.82, 2.24) is 5.32 Å². The lowest BCUT2D eigenvalue weighted by Gasteiger charge is -2.12. The van der Waals surface area contributed by atoms with Gasteiger partial charge in [0.05, 0.1) is 6.42 Å². The number of alkyl halides is 4. The average Bonchev–Trinajstić information content (AvgIpc) is 2.45. The molecule has 1 unspecified atom stereocenters. The lowest BCUT2D eigenvalue weighted by Crippen LogP contribution is -2.24. The van der Waals surface area contributed by atoms with E-state index in [0.29, 0.717) is 18.5 Å². The van der Waals surface area contributed by atoms with E-state index in [1.54, 1.807) is 12.1 Å². The molecule has 0 fully saturated rings. The summed E-state index contributed by atoms with van der Waals surface area (Å²) in [5.41, 5.74) is 0.639. The van der Waals surface area contributed by atoms with Crippen molar-refractivity contribution in [2.24, 2.45) is 0 Å². The summed E-state index contributed by atoms with van der Waals surface area (Å²) < 4.78 is 37.5. The van der Waals surface area contributed by atoms with Crippen molar-refractivity contribution in [3.05, 3.63) is 33.4 Å². The maximum Gasteiger partial charge on any atom is 0.390 e. The normalized spacial score (nSPS) is 12.9. The van der Waals surface area contributed by atoms with Crippen molar-refractivity contribution in [1.29, 1.82) is 0 Å². The maximum absolute atomic E-state index is 12.1. The molecule has 0 aliphatic rings. The Morgan fingerprint density at radius 1 is 1.13 bits per heavy atom. The van der Waals surface area contributed by atoms with E-state index in [-0.39, 0.29) is 5.91 Å². The van der Waals surface area contributed by atoms with E-state index < -0.39 is 17.4 Å². The Bertz CT molecular complexity index is 479. The number of hydrogen-bond donors (Lipinski definition) is 1. The van der Waals surface area contributed by atoms with Crippen LogP contribution >= 0.6 is 38.5 Å². The van der Waals surface area contributed by atoms with Gasteiger partial charge in [-0.1, -0.05) is 35.2 Å².